The maximum atomic E-state index is 15.7. The Kier molecular flexibility index (Phi) is 11.0. The minimum Gasteiger partial charge on any atom is -0.493 e. The van der Waals surface area contributed by atoms with Gasteiger partial charge in [-0.05, 0) is 93.9 Å². The lowest BCUT2D eigenvalue weighted by Gasteiger charge is -2.53. The number of methoxy groups -OCH3 is 1. The minimum absolute atomic E-state index is 0.00718. The molecule has 6 aliphatic rings. The molecule has 10 rings (SSSR count). The van der Waals surface area contributed by atoms with Crippen LogP contribution in [0.1, 0.15) is 65.7 Å². The van der Waals surface area contributed by atoms with Crippen molar-refractivity contribution in [3.05, 3.63) is 76.6 Å². The normalized spacial score (nSPS) is 22.4. The average molecular weight is 843 g/mol. The fourth-order valence-corrected chi connectivity index (χ4v) is 9.66. The maximum Gasteiger partial charge on any atom is 0.262 e. The first-order valence-corrected chi connectivity index (χ1v) is 20.9. The van der Waals surface area contributed by atoms with Crippen LogP contribution < -0.4 is 25.0 Å². The quantitative estimate of drug-likeness (QED) is 0.136. The average Bonchev–Trinajstić information content (AvgIpc) is 3.48. The Bertz CT molecular complexity index is 2380. The van der Waals surface area contributed by atoms with E-state index in [0.717, 1.165) is 81.2 Å². The Balaban J connectivity index is 0.758. The molecule has 2 N–H and O–H groups in total. The number of carbonyl (C=O) groups excluding carboxylic acids is 4. The number of piperidine rings is 4. The van der Waals surface area contributed by atoms with Crippen molar-refractivity contribution in [3.8, 4) is 11.5 Å². The van der Waals surface area contributed by atoms with Crippen molar-refractivity contribution in [2.24, 2.45) is 5.92 Å². The predicted octanol–water partition coefficient (Wildman–Crippen LogP) is 5.55. The van der Waals surface area contributed by atoms with Crippen molar-refractivity contribution < 1.29 is 37.4 Å². The van der Waals surface area contributed by atoms with Crippen molar-refractivity contribution in [1.82, 2.24) is 30.0 Å². The Labute approximate surface area is 350 Å². The molecule has 7 heterocycles. The first-order valence-electron chi connectivity index (χ1n) is 20.5. The molecule has 4 aromatic rings. The van der Waals surface area contributed by atoms with Gasteiger partial charge in [0.05, 0.1) is 41.1 Å². The van der Waals surface area contributed by atoms with Crippen LogP contribution in [-0.4, -0.2) is 119 Å². The number of aromatic nitrogens is 2. The summed E-state index contributed by atoms with van der Waals surface area (Å²) >= 11 is 5.99. The van der Waals surface area contributed by atoms with E-state index in [2.05, 4.69) is 35.3 Å². The van der Waals surface area contributed by atoms with Crippen LogP contribution >= 0.6 is 11.6 Å². The molecule has 2 bridgehead atoms. The van der Waals surface area contributed by atoms with Gasteiger partial charge in [-0.2, -0.15) is 0 Å². The van der Waals surface area contributed by atoms with Crippen LogP contribution in [-0.2, 0) is 9.59 Å². The van der Waals surface area contributed by atoms with Gasteiger partial charge >= 0.3 is 0 Å². The molecule has 6 aliphatic heterocycles. The molecule has 17 heteroatoms. The first kappa shape index (κ1) is 40.0. The lowest BCUT2D eigenvalue weighted by atomic mass is 9.87. The zero-order valence-electron chi connectivity index (χ0n) is 33.1. The van der Waals surface area contributed by atoms with E-state index in [1.165, 1.54) is 24.5 Å². The van der Waals surface area contributed by atoms with Crippen molar-refractivity contribution in [2.75, 3.05) is 63.2 Å². The number of anilines is 3. The van der Waals surface area contributed by atoms with Crippen molar-refractivity contribution >= 4 is 63.3 Å². The van der Waals surface area contributed by atoms with Crippen molar-refractivity contribution in [1.29, 1.82) is 0 Å². The molecule has 5 saturated heterocycles. The summed E-state index contributed by atoms with van der Waals surface area (Å²) in [6.45, 7) is 5.82. The predicted molar refractivity (Wildman–Crippen MR) is 219 cm³/mol. The van der Waals surface area contributed by atoms with E-state index in [1.54, 1.807) is 13.2 Å². The molecule has 0 aliphatic carbocycles. The van der Waals surface area contributed by atoms with E-state index >= 15 is 4.39 Å². The zero-order chi connectivity index (χ0) is 41.7. The molecule has 1 aromatic heterocycles. The fraction of sp³-hybridized carbons (Fsp3) is 0.442. The smallest absolute Gasteiger partial charge is 0.262 e. The Morgan fingerprint density at radius 3 is 2.40 bits per heavy atom. The lowest BCUT2D eigenvalue weighted by molar-refractivity contribution is -0.136. The van der Waals surface area contributed by atoms with E-state index in [-0.39, 0.29) is 41.1 Å². The van der Waals surface area contributed by atoms with E-state index in [4.69, 9.17) is 21.1 Å². The van der Waals surface area contributed by atoms with Crippen LogP contribution in [0.4, 0.5) is 26.0 Å². The summed E-state index contributed by atoms with van der Waals surface area (Å²) in [5, 5.41) is 6.12. The number of likely N-dealkylation sites (tertiary alicyclic amines) is 1. The van der Waals surface area contributed by atoms with E-state index in [1.807, 2.05) is 12.1 Å². The Morgan fingerprint density at radius 1 is 0.883 bits per heavy atom. The minimum atomic E-state index is -1.10. The molecule has 5 fully saturated rings. The molecule has 60 heavy (non-hydrogen) atoms. The number of benzene rings is 3. The number of ether oxygens (including phenoxy) is 2. The lowest BCUT2D eigenvalue weighted by Crippen LogP contribution is -2.63. The Morgan fingerprint density at radius 2 is 1.67 bits per heavy atom. The molecule has 314 valence electrons. The van der Waals surface area contributed by atoms with Crippen molar-refractivity contribution in [2.45, 2.75) is 63.1 Å². The van der Waals surface area contributed by atoms with Gasteiger partial charge in [0.1, 0.15) is 29.8 Å². The second kappa shape index (κ2) is 16.5. The van der Waals surface area contributed by atoms with E-state index < -0.39 is 41.3 Å². The van der Waals surface area contributed by atoms with E-state index in [0.29, 0.717) is 53.3 Å². The maximum absolute atomic E-state index is 15.7. The highest BCUT2D eigenvalue weighted by atomic mass is 35.5. The summed E-state index contributed by atoms with van der Waals surface area (Å²) in [5.41, 5.74) is 1.61. The monoisotopic (exact) mass is 842 g/mol. The van der Waals surface area contributed by atoms with Gasteiger partial charge < -0.3 is 24.6 Å². The van der Waals surface area contributed by atoms with E-state index in [9.17, 15) is 23.6 Å². The van der Waals surface area contributed by atoms with Gasteiger partial charge in [0.25, 0.3) is 11.8 Å². The number of amides is 4. The third kappa shape index (κ3) is 7.71. The van der Waals surface area contributed by atoms with Gasteiger partial charge in [-0.1, -0.05) is 11.6 Å². The number of nitrogens with one attached hydrogen (secondary N) is 2. The number of carbonyl (C=O) groups is 4. The molecule has 0 saturated carbocycles. The summed E-state index contributed by atoms with van der Waals surface area (Å²) in [7, 11) is 1.59. The number of halogens is 3. The van der Waals surface area contributed by atoms with Gasteiger partial charge in [-0.15, -0.1) is 0 Å². The molecule has 0 radical (unpaired) electrons. The van der Waals surface area contributed by atoms with Gasteiger partial charge in [-0.25, -0.2) is 18.7 Å². The highest BCUT2D eigenvalue weighted by molar-refractivity contribution is 6.31. The van der Waals surface area contributed by atoms with Gasteiger partial charge in [0.2, 0.25) is 11.8 Å². The zero-order valence-corrected chi connectivity index (χ0v) is 33.9. The molecular formula is C43H45ClF2N8O6. The highest BCUT2D eigenvalue weighted by Gasteiger charge is 2.47. The second-order valence-corrected chi connectivity index (χ2v) is 16.7. The highest BCUT2D eigenvalue weighted by Crippen LogP contribution is 2.39. The summed E-state index contributed by atoms with van der Waals surface area (Å²) in [6.07, 6.45) is 6.45. The first-order chi connectivity index (χ1) is 29.0. The van der Waals surface area contributed by atoms with Gasteiger partial charge in [-0.3, -0.25) is 34.3 Å². The third-order valence-electron chi connectivity index (χ3n) is 12.6. The molecule has 3 atom stereocenters. The molecular weight excluding hydrogens is 798 g/mol. The summed E-state index contributed by atoms with van der Waals surface area (Å²) in [4.78, 5) is 67.6. The fourth-order valence-electron chi connectivity index (χ4n) is 9.47. The van der Waals surface area contributed by atoms with Crippen LogP contribution in [0.3, 0.4) is 0 Å². The number of hydrogen-bond donors (Lipinski definition) is 2. The number of fused-ring (bicyclic) bond motifs is 5. The summed E-state index contributed by atoms with van der Waals surface area (Å²) < 4.78 is 41.3. The van der Waals surface area contributed by atoms with Gasteiger partial charge in [0, 0.05) is 61.8 Å². The van der Waals surface area contributed by atoms with Crippen LogP contribution in [0.2, 0.25) is 5.02 Å². The summed E-state index contributed by atoms with van der Waals surface area (Å²) in [5.74, 6) is -1.31. The molecule has 4 amide bonds. The third-order valence-corrected chi connectivity index (χ3v) is 12.9. The topological polar surface area (TPSA) is 150 Å². The Hall–Kier alpha value is -5.45. The standard InChI is InChI=1S/C43H45ClF2N8O6/c1-59-37-19-34-30(40(48-23-47-34)49-25-3-6-32(45)31(44)15-25)18-38(37)60-14-2-11-51-12-9-24(10-13-51)20-52-21-27-5-4-26(52)22-53(27)36-17-29-28(16-33(36)46)42(57)54(43(29)58)35-7-8-39(55)50-41(35)56/h3,6,15-19,23-24,26-27,35H,2,4-5,7-14,20-22H2,1H3,(H,47,48,49)(H,50,55,56). The van der Waals surface area contributed by atoms with Gasteiger partial charge in [0.15, 0.2) is 11.5 Å². The molecule has 14 nitrogen and oxygen atoms in total. The van der Waals surface area contributed by atoms with Crippen LogP contribution in [0.5, 0.6) is 11.5 Å². The number of rotatable bonds is 12. The molecule has 3 aromatic carbocycles. The largest absolute Gasteiger partial charge is 0.493 e. The van der Waals surface area contributed by atoms with Crippen LogP contribution in [0.25, 0.3) is 10.9 Å². The summed E-state index contributed by atoms with van der Waals surface area (Å²) in [6, 6.07) is 9.89. The van der Waals surface area contributed by atoms with Crippen LogP contribution in [0.15, 0.2) is 48.8 Å². The second-order valence-electron chi connectivity index (χ2n) is 16.3. The SMILES string of the molecule is COc1cc2ncnc(Nc3ccc(F)c(Cl)c3)c2cc1OCCCN1CCC(CN2CC3CCC2CN3c2cc3c(cc2F)C(=O)N(C2CCC(=O)NC2=O)C3=O)CC1. The molecule has 3 unspecified atom stereocenters. The number of imide groups is 2. The van der Waals surface area contributed by atoms with Crippen LogP contribution in [0, 0.1) is 17.6 Å². The molecule has 0 spiro atoms. The number of hydrogen-bond acceptors (Lipinski definition) is 12. The number of piperazine rings is 1. The number of nitrogens with zero attached hydrogens (tertiary/aromatic N) is 6. The van der Waals surface area contributed by atoms with Crippen molar-refractivity contribution in [3.63, 3.8) is 0 Å².